The Balaban J connectivity index is 0.000000515. The highest BCUT2D eigenvalue weighted by atomic mass is 16.4. The molecule has 0 radical (unpaired) electrons. The van der Waals surface area contributed by atoms with Crippen LogP contribution in [-0.4, -0.2) is 43.1 Å². The lowest BCUT2D eigenvalue weighted by Gasteiger charge is -2.07. The van der Waals surface area contributed by atoms with Crippen LogP contribution in [0, 0.1) is 6.92 Å². The normalized spacial score (nSPS) is 12.4. The van der Waals surface area contributed by atoms with E-state index in [0.29, 0.717) is 18.7 Å². The minimum Gasteiger partial charge on any atom is -0.508 e. The number of rotatable bonds is 6. The molecular weight excluding hydrogens is 302 g/mol. The van der Waals surface area contributed by atoms with Gasteiger partial charge in [0.2, 0.25) is 0 Å². The summed E-state index contributed by atoms with van der Waals surface area (Å²) in [4.78, 5) is 19.1. The Morgan fingerprint density at radius 2 is 1.87 bits per heavy atom. The Morgan fingerprint density at radius 3 is 2.26 bits per heavy atom. The van der Waals surface area contributed by atoms with Crippen molar-refractivity contribution >= 4 is 18.0 Å². The number of allylic oxidation sites excluding steroid dienone is 1. The average molecular weight is 323 g/mol. The van der Waals surface area contributed by atoms with Gasteiger partial charge in [-0.15, -0.1) is 0 Å². The smallest absolute Gasteiger partial charge is 0.328 e. The highest BCUT2D eigenvalue weighted by molar-refractivity contribution is 5.89. The third-order valence-electron chi connectivity index (χ3n) is 2.27. The third-order valence-corrected chi connectivity index (χ3v) is 2.27. The number of aliphatic hydroxyl groups is 1. The van der Waals surface area contributed by atoms with Gasteiger partial charge in [-0.1, -0.05) is 6.58 Å². The molecule has 0 aromatic carbocycles. The van der Waals surface area contributed by atoms with E-state index in [-0.39, 0.29) is 11.8 Å². The van der Waals surface area contributed by atoms with Crippen LogP contribution in [0.4, 0.5) is 0 Å². The van der Waals surface area contributed by atoms with E-state index in [1.165, 1.54) is 6.08 Å². The number of nitrogens with zero attached hydrogens (tertiary/aromatic N) is 2. The first kappa shape index (κ1) is 20.1. The molecule has 8 heteroatoms. The van der Waals surface area contributed by atoms with E-state index in [2.05, 4.69) is 11.7 Å². The fourth-order valence-electron chi connectivity index (χ4n) is 1.45. The fraction of sp³-hybridized carbons (Fsp3) is 0.267. The predicted octanol–water partition coefficient (Wildman–Crippen LogP) is 1.34. The van der Waals surface area contributed by atoms with Crippen LogP contribution in [0.5, 0.6) is 0 Å². The lowest BCUT2D eigenvalue weighted by atomic mass is 10.3. The van der Waals surface area contributed by atoms with Crippen molar-refractivity contribution in [1.82, 2.24) is 9.78 Å². The van der Waals surface area contributed by atoms with Crippen LogP contribution in [0.1, 0.15) is 18.3 Å². The van der Waals surface area contributed by atoms with Crippen molar-refractivity contribution in [3.63, 3.8) is 0 Å². The van der Waals surface area contributed by atoms with Crippen molar-refractivity contribution in [2.75, 3.05) is 0 Å². The molecule has 0 aliphatic heterocycles. The number of carboxylic acids is 2. The first-order chi connectivity index (χ1) is 10.6. The molecule has 126 valence electrons. The van der Waals surface area contributed by atoms with E-state index in [0.717, 1.165) is 11.4 Å². The maximum absolute atomic E-state index is 9.55. The fourth-order valence-corrected chi connectivity index (χ4v) is 1.45. The molecule has 23 heavy (non-hydrogen) atoms. The first-order valence-electron chi connectivity index (χ1n) is 6.62. The molecule has 1 aromatic heterocycles. The number of aliphatic carboxylic acids is 2. The van der Waals surface area contributed by atoms with Gasteiger partial charge in [0.05, 0.1) is 17.9 Å². The van der Waals surface area contributed by atoms with Crippen LogP contribution in [0.3, 0.4) is 0 Å². The van der Waals surface area contributed by atoms with Crippen LogP contribution in [0.25, 0.3) is 6.08 Å². The molecule has 1 unspecified atom stereocenters. The Kier molecular flexibility index (Phi) is 8.71. The van der Waals surface area contributed by atoms with Crippen LogP contribution < -0.4 is 5.73 Å². The number of aryl methyl sites for hydroxylation is 1. The Labute approximate surface area is 133 Å². The zero-order valence-corrected chi connectivity index (χ0v) is 13.0. The van der Waals surface area contributed by atoms with E-state index in [1.807, 2.05) is 19.9 Å². The molecule has 0 saturated heterocycles. The lowest BCUT2D eigenvalue weighted by Crippen LogP contribution is -2.23. The van der Waals surface area contributed by atoms with Gasteiger partial charge in [-0.2, -0.15) is 5.10 Å². The summed E-state index contributed by atoms with van der Waals surface area (Å²) < 4.78 is 1.78. The zero-order valence-electron chi connectivity index (χ0n) is 13.0. The van der Waals surface area contributed by atoms with Crippen molar-refractivity contribution in [2.45, 2.75) is 26.4 Å². The van der Waals surface area contributed by atoms with Crippen LogP contribution >= 0.6 is 0 Å². The molecule has 0 aliphatic rings. The van der Waals surface area contributed by atoms with Crippen molar-refractivity contribution in [3.8, 4) is 0 Å². The first-order valence-corrected chi connectivity index (χ1v) is 6.62. The quantitative estimate of drug-likeness (QED) is 0.352. The van der Waals surface area contributed by atoms with Gasteiger partial charge >= 0.3 is 11.9 Å². The predicted molar refractivity (Wildman–Crippen MR) is 85.8 cm³/mol. The zero-order chi connectivity index (χ0) is 18.0. The van der Waals surface area contributed by atoms with Crippen molar-refractivity contribution in [3.05, 3.63) is 48.0 Å². The molecule has 0 aliphatic carbocycles. The lowest BCUT2D eigenvalue weighted by molar-refractivity contribution is -0.134. The summed E-state index contributed by atoms with van der Waals surface area (Å²) in [7, 11) is 0. The van der Waals surface area contributed by atoms with Gasteiger partial charge in [0.15, 0.2) is 0 Å². The summed E-state index contributed by atoms with van der Waals surface area (Å²) in [6, 6.07) is 1.92. The number of nitrogens with two attached hydrogens (primary N) is 1. The molecule has 1 rings (SSSR count). The molecule has 1 heterocycles. The SMILES string of the molecule is C=C/C(O)=C/c1cc(C)nn1CC(C)N.O=C(O)/C=C/C(=O)O. The van der Waals surface area contributed by atoms with Crippen molar-refractivity contribution < 1.29 is 24.9 Å². The molecular formula is C15H21N3O5. The van der Waals surface area contributed by atoms with Crippen molar-refractivity contribution in [1.29, 1.82) is 0 Å². The molecule has 0 spiro atoms. The Morgan fingerprint density at radius 1 is 1.35 bits per heavy atom. The Bertz CT molecular complexity index is 599. The summed E-state index contributed by atoms with van der Waals surface area (Å²) in [5.41, 5.74) is 7.44. The molecule has 5 N–H and O–H groups in total. The van der Waals surface area contributed by atoms with E-state index in [9.17, 15) is 14.7 Å². The maximum Gasteiger partial charge on any atom is 0.328 e. The topological polar surface area (TPSA) is 139 Å². The van der Waals surface area contributed by atoms with Crippen LogP contribution in [0.2, 0.25) is 0 Å². The number of carboxylic acid groups (broad SMARTS) is 2. The van der Waals surface area contributed by atoms with Crippen LogP contribution in [0.15, 0.2) is 36.6 Å². The van der Waals surface area contributed by atoms with Crippen molar-refractivity contribution in [2.24, 2.45) is 5.73 Å². The molecule has 0 bridgehead atoms. The standard InChI is InChI=1S/C11H17N3O.C4H4O4/c1-4-11(15)6-10-5-9(3)13-14(10)7-8(2)12;5-3(6)1-2-4(7)8/h4-6,8,15H,1,7,12H2,2-3H3;1-2H,(H,5,6)(H,7,8)/b11-6-;2-1+. The third kappa shape index (κ3) is 9.64. The summed E-state index contributed by atoms with van der Waals surface area (Å²) in [5, 5.41) is 29.3. The number of aromatic nitrogens is 2. The molecule has 1 atom stereocenters. The summed E-state index contributed by atoms with van der Waals surface area (Å²) >= 11 is 0. The maximum atomic E-state index is 9.55. The minimum absolute atomic E-state index is 0.0299. The summed E-state index contributed by atoms with van der Waals surface area (Å²) in [6.07, 6.45) is 4.12. The van der Waals surface area contributed by atoms with Crippen LogP contribution in [-0.2, 0) is 16.1 Å². The van der Waals surface area contributed by atoms with Gasteiger partial charge in [0, 0.05) is 24.3 Å². The van der Waals surface area contributed by atoms with E-state index >= 15 is 0 Å². The van der Waals surface area contributed by atoms with Gasteiger partial charge in [-0.25, -0.2) is 9.59 Å². The second kappa shape index (κ2) is 9.96. The van der Waals surface area contributed by atoms with Gasteiger partial charge in [0.25, 0.3) is 0 Å². The number of carbonyl (C=O) groups is 2. The molecule has 1 aromatic rings. The van der Waals surface area contributed by atoms with Gasteiger partial charge in [-0.05, 0) is 26.0 Å². The number of hydrogen-bond donors (Lipinski definition) is 4. The van der Waals surface area contributed by atoms with E-state index < -0.39 is 11.9 Å². The molecule has 0 saturated carbocycles. The van der Waals surface area contributed by atoms with Gasteiger partial charge < -0.3 is 21.1 Å². The second-order valence-electron chi connectivity index (χ2n) is 4.65. The number of hydrogen-bond acceptors (Lipinski definition) is 5. The van der Waals surface area contributed by atoms with E-state index in [1.54, 1.807) is 10.8 Å². The Hall–Kier alpha value is -2.87. The van der Waals surface area contributed by atoms with Gasteiger partial charge in [0.1, 0.15) is 5.76 Å². The summed E-state index contributed by atoms with van der Waals surface area (Å²) in [5.74, 6) is -2.39. The highest BCUT2D eigenvalue weighted by Crippen LogP contribution is 2.09. The second-order valence-corrected chi connectivity index (χ2v) is 4.65. The summed E-state index contributed by atoms with van der Waals surface area (Å²) in [6.45, 7) is 7.93. The highest BCUT2D eigenvalue weighted by Gasteiger charge is 2.05. The van der Waals surface area contributed by atoms with Gasteiger partial charge in [-0.3, -0.25) is 4.68 Å². The van der Waals surface area contributed by atoms with E-state index in [4.69, 9.17) is 15.9 Å². The minimum atomic E-state index is -1.26. The average Bonchev–Trinajstić information content (AvgIpc) is 2.76. The molecule has 8 nitrogen and oxygen atoms in total. The monoisotopic (exact) mass is 323 g/mol. The molecule has 0 amide bonds. The number of aliphatic hydroxyl groups excluding tert-OH is 1. The molecule has 0 fully saturated rings. The largest absolute Gasteiger partial charge is 0.508 e.